The van der Waals surface area contributed by atoms with Crippen LogP contribution in [0.2, 0.25) is 0 Å². The lowest BCUT2D eigenvalue weighted by Crippen LogP contribution is -2.43. The highest BCUT2D eigenvalue weighted by atomic mass is 19.4. The third-order valence-corrected chi connectivity index (χ3v) is 2.84. The van der Waals surface area contributed by atoms with Crippen molar-refractivity contribution in [3.63, 3.8) is 0 Å². The Morgan fingerprint density at radius 2 is 2.20 bits per heavy atom. The van der Waals surface area contributed by atoms with Crippen molar-refractivity contribution in [2.75, 3.05) is 20.1 Å². The van der Waals surface area contributed by atoms with Gasteiger partial charge in [0.25, 0.3) is 0 Å². The van der Waals surface area contributed by atoms with Crippen molar-refractivity contribution >= 4 is 5.84 Å². The van der Waals surface area contributed by atoms with Gasteiger partial charge in [0.05, 0.1) is 0 Å². The maximum Gasteiger partial charge on any atom is 0.400 e. The monoisotopic (exact) mass is 290 g/mol. The number of alkyl halides is 3. The van der Waals surface area contributed by atoms with E-state index in [9.17, 15) is 13.2 Å². The van der Waals surface area contributed by atoms with E-state index < -0.39 is 17.9 Å². The molecule has 0 saturated heterocycles. The van der Waals surface area contributed by atoms with Crippen molar-refractivity contribution < 1.29 is 18.4 Å². The zero-order chi connectivity index (χ0) is 15.2. The summed E-state index contributed by atoms with van der Waals surface area (Å²) in [5.41, 5.74) is 5.90. The maximum absolute atomic E-state index is 12.8. The molecule has 0 aliphatic rings. The SMILES string of the molecule is CN(CCc1ccccn1)CC(/C(N)=N/O)C(F)(F)F. The Labute approximate surface area is 114 Å². The molecule has 0 amide bonds. The van der Waals surface area contributed by atoms with Gasteiger partial charge in [0.15, 0.2) is 5.84 Å². The van der Waals surface area contributed by atoms with Gasteiger partial charge in [-0.05, 0) is 19.2 Å². The highest BCUT2D eigenvalue weighted by molar-refractivity contribution is 5.83. The first-order chi connectivity index (χ1) is 9.34. The molecule has 1 atom stereocenters. The van der Waals surface area contributed by atoms with Gasteiger partial charge in [-0.25, -0.2) is 0 Å². The number of pyridine rings is 1. The van der Waals surface area contributed by atoms with Crippen LogP contribution in [-0.2, 0) is 6.42 Å². The summed E-state index contributed by atoms with van der Waals surface area (Å²) in [5, 5.41) is 10.9. The molecule has 0 bridgehead atoms. The van der Waals surface area contributed by atoms with E-state index in [1.54, 1.807) is 25.4 Å². The lowest BCUT2D eigenvalue weighted by Gasteiger charge is -2.24. The van der Waals surface area contributed by atoms with Crippen LogP contribution < -0.4 is 5.73 Å². The van der Waals surface area contributed by atoms with Crippen molar-refractivity contribution in [1.29, 1.82) is 0 Å². The minimum Gasteiger partial charge on any atom is -0.409 e. The van der Waals surface area contributed by atoms with E-state index in [2.05, 4.69) is 10.1 Å². The molecule has 8 heteroatoms. The van der Waals surface area contributed by atoms with Gasteiger partial charge in [0.1, 0.15) is 5.92 Å². The molecule has 0 fully saturated rings. The highest BCUT2D eigenvalue weighted by Crippen LogP contribution is 2.27. The van der Waals surface area contributed by atoms with E-state index in [0.29, 0.717) is 13.0 Å². The lowest BCUT2D eigenvalue weighted by molar-refractivity contribution is -0.159. The first-order valence-corrected chi connectivity index (χ1v) is 5.97. The molecular weight excluding hydrogens is 273 g/mol. The molecule has 1 aromatic rings. The topological polar surface area (TPSA) is 74.7 Å². The van der Waals surface area contributed by atoms with Crippen LogP contribution in [0.15, 0.2) is 29.6 Å². The van der Waals surface area contributed by atoms with E-state index in [1.165, 1.54) is 4.90 Å². The molecule has 0 aliphatic carbocycles. The fourth-order valence-electron chi connectivity index (χ4n) is 1.69. The first-order valence-electron chi connectivity index (χ1n) is 5.97. The van der Waals surface area contributed by atoms with Gasteiger partial charge in [0.2, 0.25) is 0 Å². The molecule has 1 unspecified atom stereocenters. The van der Waals surface area contributed by atoms with Crippen molar-refractivity contribution in [3.05, 3.63) is 30.1 Å². The van der Waals surface area contributed by atoms with Crippen LogP contribution in [0.3, 0.4) is 0 Å². The van der Waals surface area contributed by atoms with Crippen LogP contribution in [0, 0.1) is 5.92 Å². The summed E-state index contributed by atoms with van der Waals surface area (Å²) in [7, 11) is 1.55. The molecule has 0 radical (unpaired) electrons. The molecule has 0 saturated carbocycles. The smallest absolute Gasteiger partial charge is 0.400 e. The minimum absolute atomic E-state index is 0.369. The Hall–Kier alpha value is -1.83. The summed E-state index contributed by atoms with van der Waals surface area (Å²) in [6.45, 7) is 0.0224. The van der Waals surface area contributed by atoms with Crippen LogP contribution in [-0.4, -0.2) is 47.2 Å². The molecule has 5 nitrogen and oxygen atoms in total. The molecule has 3 N–H and O–H groups in total. The minimum atomic E-state index is -4.55. The third-order valence-electron chi connectivity index (χ3n) is 2.84. The van der Waals surface area contributed by atoms with Crippen LogP contribution in [0.1, 0.15) is 5.69 Å². The van der Waals surface area contributed by atoms with Crippen molar-refractivity contribution in [2.24, 2.45) is 16.8 Å². The maximum atomic E-state index is 12.8. The average Bonchev–Trinajstić information content (AvgIpc) is 2.41. The molecule has 0 spiro atoms. The highest BCUT2D eigenvalue weighted by Gasteiger charge is 2.43. The van der Waals surface area contributed by atoms with Gasteiger partial charge >= 0.3 is 6.18 Å². The van der Waals surface area contributed by atoms with Gasteiger partial charge in [-0.3, -0.25) is 4.98 Å². The van der Waals surface area contributed by atoms with E-state index in [1.807, 2.05) is 6.07 Å². The summed E-state index contributed by atoms with van der Waals surface area (Å²) in [4.78, 5) is 5.57. The number of halogens is 3. The fraction of sp³-hybridized carbons (Fsp3) is 0.500. The Kier molecular flexibility index (Phi) is 5.75. The van der Waals surface area contributed by atoms with E-state index in [-0.39, 0.29) is 6.54 Å². The Morgan fingerprint density at radius 3 is 2.70 bits per heavy atom. The summed E-state index contributed by atoms with van der Waals surface area (Å²) in [6, 6.07) is 5.39. The second-order valence-corrected chi connectivity index (χ2v) is 4.45. The van der Waals surface area contributed by atoms with E-state index in [4.69, 9.17) is 10.9 Å². The van der Waals surface area contributed by atoms with Crippen LogP contribution >= 0.6 is 0 Å². The lowest BCUT2D eigenvalue weighted by atomic mass is 10.1. The van der Waals surface area contributed by atoms with Crippen molar-refractivity contribution in [3.8, 4) is 0 Å². The number of hydrogen-bond donors (Lipinski definition) is 2. The average molecular weight is 290 g/mol. The number of oxime groups is 1. The van der Waals surface area contributed by atoms with Gasteiger partial charge in [-0.2, -0.15) is 13.2 Å². The second-order valence-electron chi connectivity index (χ2n) is 4.45. The summed E-state index contributed by atoms with van der Waals surface area (Å²) >= 11 is 0. The normalized spacial score (nSPS) is 14.6. The fourth-order valence-corrected chi connectivity index (χ4v) is 1.69. The summed E-state index contributed by atoms with van der Waals surface area (Å²) in [6.07, 6.45) is -2.39. The molecule has 0 aliphatic heterocycles. The quantitative estimate of drug-likeness (QED) is 0.360. The van der Waals surface area contributed by atoms with E-state index >= 15 is 0 Å². The standard InChI is InChI=1S/C12H17F3N4O/c1-19(7-5-9-4-2-3-6-17-9)8-10(11(16)18-20)12(13,14)15/h2-4,6,10,20H,5,7-8H2,1H3,(H2,16,18). The first kappa shape index (κ1) is 16.2. The number of hydrogen-bond acceptors (Lipinski definition) is 4. The number of aromatic nitrogens is 1. The Balaban J connectivity index is 2.57. The second kappa shape index (κ2) is 7.09. The molecule has 1 heterocycles. The molecule has 0 aromatic carbocycles. The molecule has 1 aromatic heterocycles. The molecule has 1 rings (SSSR count). The van der Waals surface area contributed by atoms with Crippen molar-refractivity contribution in [2.45, 2.75) is 12.6 Å². The summed E-state index contributed by atoms with van der Waals surface area (Å²) < 4.78 is 38.3. The molecule has 20 heavy (non-hydrogen) atoms. The number of amidine groups is 1. The molecular formula is C12H17F3N4O. The predicted octanol–water partition coefficient (Wildman–Crippen LogP) is 1.48. The number of rotatable bonds is 6. The van der Waals surface area contributed by atoms with Crippen LogP contribution in [0.4, 0.5) is 13.2 Å². The number of likely N-dealkylation sites (N-methyl/N-ethyl adjacent to an activating group) is 1. The van der Waals surface area contributed by atoms with Gasteiger partial charge in [-0.1, -0.05) is 11.2 Å². The summed E-state index contributed by atoms with van der Waals surface area (Å²) in [5.74, 6) is -2.82. The largest absolute Gasteiger partial charge is 0.409 e. The van der Waals surface area contributed by atoms with Gasteiger partial charge in [-0.15, -0.1) is 0 Å². The van der Waals surface area contributed by atoms with Crippen LogP contribution in [0.5, 0.6) is 0 Å². The predicted molar refractivity (Wildman–Crippen MR) is 68.4 cm³/mol. The van der Waals surface area contributed by atoms with Gasteiger partial charge in [0, 0.05) is 31.4 Å². The Morgan fingerprint density at radius 1 is 1.50 bits per heavy atom. The molecule has 112 valence electrons. The zero-order valence-electron chi connectivity index (χ0n) is 11.0. The zero-order valence-corrected chi connectivity index (χ0v) is 11.0. The van der Waals surface area contributed by atoms with Gasteiger partial charge < -0.3 is 15.8 Å². The Bertz CT molecular complexity index is 436. The third kappa shape index (κ3) is 5.04. The van der Waals surface area contributed by atoms with Crippen LogP contribution in [0.25, 0.3) is 0 Å². The number of nitrogens with zero attached hydrogens (tertiary/aromatic N) is 3. The number of nitrogens with two attached hydrogens (primary N) is 1. The van der Waals surface area contributed by atoms with Crippen molar-refractivity contribution in [1.82, 2.24) is 9.88 Å². The van der Waals surface area contributed by atoms with E-state index in [0.717, 1.165) is 5.69 Å².